The first-order valence-electron chi connectivity index (χ1n) is 15.0. The van der Waals surface area contributed by atoms with Crippen molar-refractivity contribution < 1.29 is 14.3 Å². The minimum Gasteiger partial charge on any atom is -0.456 e. The molecule has 0 bridgehead atoms. The number of hydrogen-bond donors (Lipinski definition) is 2. The lowest BCUT2D eigenvalue weighted by Crippen LogP contribution is -2.35. The van der Waals surface area contributed by atoms with E-state index in [0.29, 0.717) is 28.5 Å². The number of hydrogen-bond acceptors (Lipinski definition) is 4. The number of benzene rings is 1. The molecule has 1 aromatic heterocycles. The van der Waals surface area contributed by atoms with Crippen molar-refractivity contribution in [3.63, 3.8) is 0 Å². The molecule has 3 unspecified atom stereocenters. The van der Waals surface area contributed by atoms with Gasteiger partial charge in [0.25, 0.3) is 0 Å². The van der Waals surface area contributed by atoms with Gasteiger partial charge in [-0.2, -0.15) is 0 Å². The first-order chi connectivity index (χ1) is 20.0. The number of halogens is 1. The first-order valence-corrected chi connectivity index (χ1v) is 15.4. The molecule has 2 heterocycles. The standard InChI is InChI=1S/C38H48ClNO3/c1-12-14-16-29(28(15-13-2)24(5)23(3)4)36(42)38(10,11)25(6)34(41)33-22-32-35(43-33)30(37(7,8)9)21-31(40-32)26-17-19-27(39)20-18-26/h13,15,17-22,29,31,34,40-41H,2-3,5-6,12,14,16H2,1,4,7-11H3/b28-15+. The fraction of sp³-hybridized carbons (Fsp3) is 0.395. The highest BCUT2D eigenvalue weighted by Crippen LogP contribution is 2.48. The van der Waals surface area contributed by atoms with Crippen LogP contribution in [0.1, 0.15) is 97.0 Å². The number of aliphatic hydroxyl groups excluding tert-OH is 1. The Balaban J connectivity index is 1.98. The first kappa shape index (κ1) is 34.2. The fourth-order valence-corrected chi connectivity index (χ4v) is 5.61. The van der Waals surface area contributed by atoms with Gasteiger partial charge in [-0.3, -0.25) is 4.79 Å². The maximum atomic E-state index is 14.3. The third-order valence-corrected chi connectivity index (χ3v) is 8.65. The maximum Gasteiger partial charge on any atom is 0.153 e. The van der Waals surface area contributed by atoms with Crippen LogP contribution in [-0.2, 0) is 4.79 Å². The van der Waals surface area contributed by atoms with Crippen LogP contribution in [0, 0.1) is 16.7 Å². The second kappa shape index (κ2) is 13.5. The van der Waals surface area contributed by atoms with E-state index in [0.717, 1.165) is 46.4 Å². The maximum absolute atomic E-state index is 14.3. The highest BCUT2D eigenvalue weighted by atomic mass is 35.5. The van der Waals surface area contributed by atoms with Gasteiger partial charge in [0.1, 0.15) is 17.6 Å². The quantitative estimate of drug-likeness (QED) is 0.177. The summed E-state index contributed by atoms with van der Waals surface area (Å²) in [7, 11) is 0. The predicted molar refractivity (Wildman–Crippen MR) is 182 cm³/mol. The Morgan fingerprint density at radius 1 is 1.14 bits per heavy atom. The number of nitrogens with one attached hydrogen (secondary N) is 1. The van der Waals surface area contributed by atoms with Crippen molar-refractivity contribution in [2.75, 3.05) is 5.32 Å². The molecule has 0 amide bonds. The summed E-state index contributed by atoms with van der Waals surface area (Å²) in [4.78, 5) is 14.3. The summed E-state index contributed by atoms with van der Waals surface area (Å²) in [6.07, 6.45) is 6.97. The average molecular weight is 602 g/mol. The smallest absolute Gasteiger partial charge is 0.153 e. The molecule has 0 spiro atoms. The van der Waals surface area contributed by atoms with Crippen LogP contribution in [-0.4, -0.2) is 10.9 Å². The molecular formula is C38H48ClNO3. The molecule has 2 aromatic rings. The lowest BCUT2D eigenvalue weighted by molar-refractivity contribution is -0.129. The van der Waals surface area contributed by atoms with E-state index < -0.39 is 17.4 Å². The zero-order valence-corrected chi connectivity index (χ0v) is 27.7. The topological polar surface area (TPSA) is 62.5 Å². The van der Waals surface area contributed by atoms with Crippen LogP contribution in [0.15, 0.2) is 102 Å². The van der Waals surface area contributed by atoms with E-state index in [4.69, 9.17) is 16.0 Å². The Morgan fingerprint density at radius 3 is 2.30 bits per heavy atom. The van der Waals surface area contributed by atoms with Gasteiger partial charge < -0.3 is 14.8 Å². The zero-order valence-electron chi connectivity index (χ0n) is 26.9. The number of carbonyl (C=O) groups excluding carboxylic acids is 1. The van der Waals surface area contributed by atoms with Crippen LogP contribution in [0.3, 0.4) is 0 Å². The van der Waals surface area contributed by atoms with E-state index >= 15 is 0 Å². The van der Waals surface area contributed by atoms with Crippen molar-refractivity contribution in [3.05, 3.63) is 119 Å². The second-order valence-electron chi connectivity index (χ2n) is 13.1. The molecule has 0 saturated heterocycles. The molecule has 5 heteroatoms. The Bertz CT molecular complexity index is 1460. The van der Waals surface area contributed by atoms with Crippen LogP contribution in [0.2, 0.25) is 5.02 Å². The number of rotatable bonds is 13. The molecule has 1 aliphatic rings. The van der Waals surface area contributed by atoms with E-state index in [1.54, 1.807) is 6.08 Å². The van der Waals surface area contributed by atoms with Crippen molar-refractivity contribution in [1.29, 1.82) is 0 Å². The van der Waals surface area contributed by atoms with Gasteiger partial charge in [-0.05, 0) is 67.0 Å². The number of fused-ring (bicyclic) bond motifs is 1. The average Bonchev–Trinajstić information content (AvgIpc) is 3.38. The van der Waals surface area contributed by atoms with Gasteiger partial charge >= 0.3 is 0 Å². The Kier molecular flexibility index (Phi) is 10.7. The molecule has 1 aromatic carbocycles. The highest BCUT2D eigenvalue weighted by molar-refractivity contribution is 6.30. The van der Waals surface area contributed by atoms with Crippen molar-refractivity contribution in [2.45, 2.75) is 79.9 Å². The number of allylic oxidation sites excluding steroid dienone is 6. The molecule has 0 radical (unpaired) electrons. The number of carbonyl (C=O) groups is 1. The van der Waals surface area contributed by atoms with E-state index in [1.807, 2.05) is 57.2 Å². The van der Waals surface area contributed by atoms with Crippen LogP contribution in [0.4, 0.5) is 5.69 Å². The molecule has 3 rings (SSSR count). The summed E-state index contributed by atoms with van der Waals surface area (Å²) in [5.41, 5.74) is 4.30. The van der Waals surface area contributed by atoms with Gasteiger partial charge in [-0.15, -0.1) is 0 Å². The third kappa shape index (κ3) is 7.42. The molecule has 2 N–H and O–H groups in total. The zero-order chi connectivity index (χ0) is 32.3. The minimum atomic E-state index is -1.19. The van der Waals surface area contributed by atoms with Crippen LogP contribution in [0.25, 0.3) is 5.57 Å². The van der Waals surface area contributed by atoms with E-state index in [9.17, 15) is 9.90 Å². The molecule has 43 heavy (non-hydrogen) atoms. The van der Waals surface area contributed by atoms with E-state index in [1.165, 1.54) is 0 Å². The van der Waals surface area contributed by atoms with E-state index in [-0.39, 0.29) is 17.2 Å². The SMILES string of the molecule is C=C/C=C(\C(=C)C(=C)C)C(CCCC)C(=O)C(C)(C)C(=C)C(O)c1cc2c(o1)C(C(C)(C)C)=CC(c1ccc(Cl)cc1)N2. The van der Waals surface area contributed by atoms with Gasteiger partial charge in [-0.25, -0.2) is 0 Å². The van der Waals surface area contributed by atoms with Gasteiger partial charge in [0.05, 0.1) is 11.7 Å². The normalized spacial score (nSPS) is 16.8. The highest BCUT2D eigenvalue weighted by Gasteiger charge is 2.41. The number of anilines is 1. The van der Waals surface area contributed by atoms with Crippen molar-refractivity contribution >= 4 is 28.6 Å². The Labute approximate surface area is 263 Å². The fourth-order valence-electron chi connectivity index (χ4n) is 5.49. The summed E-state index contributed by atoms with van der Waals surface area (Å²) in [6.45, 7) is 30.4. The number of unbranched alkanes of at least 4 members (excludes halogenated alkanes) is 1. The molecule has 0 fully saturated rings. The lowest BCUT2D eigenvalue weighted by atomic mass is 9.69. The number of furan rings is 1. The van der Waals surface area contributed by atoms with Gasteiger partial charge in [0.2, 0.25) is 0 Å². The Morgan fingerprint density at radius 2 is 1.77 bits per heavy atom. The van der Waals surface area contributed by atoms with Gasteiger partial charge in [0.15, 0.2) is 5.76 Å². The molecule has 1 aliphatic heterocycles. The predicted octanol–water partition coefficient (Wildman–Crippen LogP) is 10.8. The third-order valence-electron chi connectivity index (χ3n) is 8.39. The van der Waals surface area contributed by atoms with Gasteiger partial charge in [0, 0.05) is 28.0 Å². The number of aliphatic hydroxyl groups is 1. The second-order valence-corrected chi connectivity index (χ2v) is 13.6. The number of Topliss-reactive ketones (excluding diaryl/α,β-unsaturated/α-hetero) is 1. The minimum absolute atomic E-state index is 0.0342. The summed E-state index contributed by atoms with van der Waals surface area (Å²) < 4.78 is 6.36. The summed E-state index contributed by atoms with van der Waals surface area (Å²) in [5.74, 6) is 0.545. The van der Waals surface area contributed by atoms with Crippen molar-refractivity contribution in [2.24, 2.45) is 16.7 Å². The van der Waals surface area contributed by atoms with Crippen molar-refractivity contribution in [3.8, 4) is 0 Å². The van der Waals surface area contributed by atoms with Gasteiger partial charge in [-0.1, -0.05) is 114 Å². The molecule has 4 nitrogen and oxygen atoms in total. The van der Waals surface area contributed by atoms with Crippen molar-refractivity contribution in [1.82, 2.24) is 0 Å². The molecule has 0 saturated carbocycles. The lowest BCUT2D eigenvalue weighted by Gasteiger charge is -2.33. The summed E-state index contributed by atoms with van der Waals surface area (Å²) in [5, 5.41) is 15.9. The molecular weight excluding hydrogens is 554 g/mol. The number of ketones is 1. The molecule has 3 atom stereocenters. The van der Waals surface area contributed by atoms with Crippen LogP contribution < -0.4 is 5.32 Å². The Hall–Kier alpha value is -3.34. The van der Waals surface area contributed by atoms with Crippen LogP contribution >= 0.6 is 11.6 Å². The summed E-state index contributed by atoms with van der Waals surface area (Å²) >= 11 is 6.14. The molecule has 0 aliphatic carbocycles. The summed E-state index contributed by atoms with van der Waals surface area (Å²) in [6, 6.07) is 9.48. The molecule has 230 valence electrons. The largest absolute Gasteiger partial charge is 0.456 e. The van der Waals surface area contributed by atoms with Crippen LogP contribution in [0.5, 0.6) is 0 Å². The monoisotopic (exact) mass is 601 g/mol. The van der Waals surface area contributed by atoms with E-state index in [2.05, 4.69) is 65.4 Å².